The lowest BCUT2D eigenvalue weighted by molar-refractivity contribution is -0.123. The van der Waals surface area contributed by atoms with Gasteiger partial charge in [-0.05, 0) is 43.7 Å². The molecule has 1 N–H and O–H groups in total. The summed E-state index contributed by atoms with van der Waals surface area (Å²) >= 11 is 0. The minimum absolute atomic E-state index is 0.0345. The molecule has 0 aliphatic rings. The molecule has 21 heavy (non-hydrogen) atoms. The van der Waals surface area contributed by atoms with Gasteiger partial charge in [-0.25, -0.2) is 0 Å². The molecule has 0 saturated carbocycles. The van der Waals surface area contributed by atoms with Crippen LogP contribution in [-0.4, -0.2) is 17.5 Å². The number of benzene rings is 1. The Hall–Kier alpha value is -2.36. The van der Waals surface area contributed by atoms with Crippen LogP contribution in [0.3, 0.4) is 0 Å². The molecule has 1 aromatic carbocycles. The lowest BCUT2D eigenvalue weighted by Gasteiger charge is -2.26. The Balaban J connectivity index is 1.82. The maximum absolute atomic E-state index is 12.0. The van der Waals surface area contributed by atoms with Crippen molar-refractivity contribution in [3.8, 4) is 5.75 Å². The van der Waals surface area contributed by atoms with Gasteiger partial charge in [0.05, 0.1) is 18.6 Å². The molecule has 0 bridgehead atoms. The Morgan fingerprint density at radius 3 is 2.48 bits per heavy atom. The van der Waals surface area contributed by atoms with Gasteiger partial charge in [-0.2, -0.15) is 0 Å². The fraction of sp³-hybridized carbons (Fsp3) is 0.294. The maximum atomic E-state index is 12.0. The second-order valence-electron chi connectivity index (χ2n) is 5.32. The average molecular weight is 284 g/mol. The van der Waals surface area contributed by atoms with Gasteiger partial charge in [0.1, 0.15) is 5.75 Å². The zero-order valence-corrected chi connectivity index (χ0v) is 12.4. The molecule has 0 spiro atoms. The van der Waals surface area contributed by atoms with Crippen molar-refractivity contribution in [2.75, 3.05) is 6.61 Å². The van der Waals surface area contributed by atoms with E-state index < -0.39 is 5.54 Å². The summed E-state index contributed by atoms with van der Waals surface area (Å²) in [6.07, 6.45) is 3.77. The lowest BCUT2D eigenvalue weighted by Crippen LogP contribution is -2.41. The average Bonchev–Trinajstić information content (AvgIpc) is 2.49. The van der Waals surface area contributed by atoms with Crippen molar-refractivity contribution in [2.24, 2.45) is 0 Å². The Morgan fingerprint density at radius 2 is 1.81 bits per heavy atom. The first-order valence-corrected chi connectivity index (χ1v) is 6.97. The van der Waals surface area contributed by atoms with Gasteiger partial charge in [-0.15, -0.1) is 0 Å². The van der Waals surface area contributed by atoms with Gasteiger partial charge in [-0.3, -0.25) is 9.78 Å². The third-order valence-corrected chi connectivity index (χ3v) is 3.19. The molecule has 1 heterocycles. The first kappa shape index (κ1) is 15.0. The molecule has 0 aliphatic heterocycles. The molecule has 0 aliphatic carbocycles. The number of para-hydroxylation sites is 1. The number of nitrogens with zero attached hydrogens (tertiary/aromatic N) is 1. The topological polar surface area (TPSA) is 51.2 Å². The lowest BCUT2D eigenvalue weighted by atomic mass is 9.95. The molecule has 110 valence electrons. The van der Waals surface area contributed by atoms with Crippen LogP contribution in [0.2, 0.25) is 0 Å². The highest BCUT2D eigenvalue weighted by Crippen LogP contribution is 2.18. The highest BCUT2D eigenvalue weighted by molar-refractivity contribution is 5.77. The number of carbonyl (C=O) groups excluding carboxylic acids is 1. The summed E-state index contributed by atoms with van der Waals surface area (Å²) in [6, 6.07) is 13.3. The predicted octanol–water partition coefficient (Wildman–Crippen LogP) is 2.90. The van der Waals surface area contributed by atoms with Crippen LogP contribution in [0.4, 0.5) is 0 Å². The van der Waals surface area contributed by atoms with Gasteiger partial charge in [0.25, 0.3) is 0 Å². The molecule has 0 atom stereocenters. The van der Waals surface area contributed by atoms with Crippen LogP contribution in [0, 0.1) is 0 Å². The molecule has 2 rings (SSSR count). The first-order chi connectivity index (χ1) is 10.1. The van der Waals surface area contributed by atoms with E-state index in [0.717, 1.165) is 11.3 Å². The second-order valence-corrected chi connectivity index (χ2v) is 5.32. The van der Waals surface area contributed by atoms with Crippen molar-refractivity contribution in [2.45, 2.75) is 25.8 Å². The summed E-state index contributed by atoms with van der Waals surface area (Å²) in [4.78, 5) is 16.0. The smallest absolute Gasteiger partial charge is 0.224 e. The van der Waals surface area contributed by atoms with Gasteiger partial charge in [0.2, 0.25) is 5.91 Å². The summed E-state index contributed by atoms with van der Waals surface area (Å²) in [7, 11) is 0. The minimum atomic E-state index is -0.424. The number of rotatable bonds is 6. The molecule has 1 aromatic heterocycles. The van der Waals surface area contributed by atoms with E-state index >= 15 is 0 Å². The molecule has 4 nitrogen and oxygen atoms in total. The van der Waals surface area contributed by atoms with Crippen molar-refractivity contribution in [1.82, 2.24) is 10.3 Å². The molecule has 0 saturated heterocycles. The van der Waals surface area contributed by atoms with E-state index in [2.05, 4.69) is 10.3 Å². The monoisotopic (exact) mass is 284 g/mol. The summed E-state index contributed by atoms with van der Waals surface area (Å²) in [5.41, 5.74) is 0.599. The van der Waals surface area contributed by atoms with E-state index in [9.17, 15) is 4.79 Å². The van der Waals surface area contributed by atoms with Crippen molar-refractivity contribution < 1.29 is 9.53 Å². The normalized spacial score (nSPS) is 11.0. The molecule has 0 fully saturated rings. The molecular weight excluding hydrogens is 264 g/mol. The number of hydrogen-bond donors (Lipinski definition) is 1. The highest BCUT2D eigenvalue weighted by atomic mass is 16.5. The zero-order chi connectivity index (χ0) is 15.1. The third kappa shape index (κ3) is 4.60. The quantitative estimate of drug-likeness (QED) is 0.887. The van der Waals surface area contributed by atoms with Gasteiger partial charge >= 0.3 is 0 Å². The third-order valence-electron chi connectivity index (χ3n) is 3.19. The van der Waals surface area contributed by atoms with Gasteiger partial charge in [-0.1, -0.05) is 18.2 Å². The number of hydrogen-bond acceptors (Lipinski definition) is 3. The van der Waals surface area contributed by atoms with Gasteiger partial charge in [0.15, 0.2) is 0 Å². The Kier molecular flexibility index (Phi) is 4.93. The van der Waals surface area contributed by atoms with Crippen LogP contribution in [-0.2, 0) is 10.3 Å². The zero-order valence-electron chi connectivity index (χ0n) is 12.4. The van der Waals surface area contributed by atoms with E-state index in [1.807, 2.05) is 56.3 Å². The van der Waals surface area contributed by atoms with Crippen LogP contribution in [0.5, 0.6) is 5.75 Å². The second kappa shape index (κ2) is 6.88. The van der Waals surface area contributed by atoms with E-state index in [0.29, 0.717) is 13.0 Å². The summed E-state index contributed by atoms with van der Waals surface area (Å²) in [6.45, 7) is 4.30. The molecule has 0 unspecified atom stereocenters. The highest BCUT2D eigenvalue weighted by Gasteiger charge is 2.22. The molecule has 4 heteroatoms. The van der Waals surface area contributed by atoms with Crippen LogP contribution < -0.4 is 10.1 Å². The summed E-state index contributed by atoms with van der Waals surface area (Å²) < 4.78 is 5.53. The summed E-state index contributed by atoms with van der Waals surface area (Å²) in [5, 5.41) is 3.01. The predicted molar refractivity (Wildman–Crippen MR) is 82.0 cm³/mol. The first-order valence-electron chi connectivity index (χ1n) is 6.97. The van der Waals surface area contributed by atoms with Crippen molar-refractivity contribution >= 4 is 5.91 Å². The van der Waals surface area contributed by atoms with E-state index in [4.69, 9.17) is 4.74 Å². The van der Waals surface area contributed by atoms with Gasteiger partial charge in [0, 0.05) is 12.4 Å². The van der Waals surface area contributed by atoms with Crippen LogP contribution in [0.25, 0.3) is 0 Å². The standard InChI is InChI=1S/C17H20N2O2/c1-17(2,14-8-11-18-12-9-14)19-16(20)10-13-21-15-6-4-3-5-7-15/h3-9,11-12H,10,13H2,1-2H3,(H,19,20). The molecule has 2 aromatic rings. The van der Waals surface area contributed by atoms with E-state index in [1.54, 1.807) is 12.4 Å². The van der Waals surface area contributed by atoms with Crippen molar-refractivity contribution in [3.63, 3.8) is 0 Å². The Labute approximate surface area is 125 Å². The van der Waals surface area contributed by atoms with Gasteiger partial charge < -0.3 is 10.1 Å². The fourth-order valence-corrected chi connectivity index (χ4v) is 2.03. The van der Waals surface area contributed by atoms with Crippen molar-refractivity contribution in [3.05, 3.63) is 60.4 Å². The minimum Gasteiger partial charge on any atom is -0.493 e. The largest absolute Gasteiger partial charge is 0.493 e. The van der Waals surface area contributed by atoms with Crippen LogP contribution in [0.15, 0.2) is 54.9 Å². The van der Waals surface area contributed by atoms with E-state index in [-0.39, 0.29) is 5.91 Å². The number of nitrogens with one attached hydrogen (secondary N) is 1. The molecule has 1 amide bonds. The Bertz CT molecular complexity index is 568. The maximum Gasteiger partial charge on any atom is 0.224 e. The number of pyridine rings is 1. The fourth-order valence-electron chi connectivity index (χ4n) is 2.03. The van der Waals surface area contributed by atoms with Crippen LogP contribution in [0.1, 0.15) is 25.8 Å². The van der Waals surface area contributed by atoms with Crippen LogP contribution >= 0.6 is 0 Å². The Morgan fingerprint density at radius 1 is 1.14 bits per heavy atom. The molecule has 0 radical (unpaired) electrons. The van der Waals surface area contributed by atoms with E-state index in [1.165, 1.54) is 0 Å². The number of ether oxygens (including phenoxy) is 1. The number of aromatic nitrogens is 1. The summed E-state index contributed by atoms with van der Waals surface area (Å²) in [5.74, 6) is 0.742. The number of amides is 1. The molecular formula is C17H20N2O2. The SMILES string of the molecule is CC(C)(NC(=O)CCOc1ccccc1)c1ccncc1. The number of carbonyl (C=O) groups is 1. The van der Waals surface area contributed by atoms with Crippen molar-refractivity contribution in [1.29, 1.82) is 0 Å².